The molecular weight excluding hydrogens is 242 g/mol. The predicted octanol–water partition coefficient (Wildman–Crippen LogP) is 2.79. The second kappa shape index (κ2) is 5.77. The summed E-state index contributed by atoms with van der Waals surface area (Å²) < 4.78 is 5.21. The molecule has 94 valence electrons. The zero-order chi connectivity index (χ0) is 13.0. The summed E-state index contributed by atoms with van der Waals surface area (Å²) in [7, 11) is 1.56. The van der Waals surface area contributed by atoms with Crippen LogP contribution >= 0.6 is 11.6 Å². The number of methoxy groups -OCH3 is 1. The van der Waals surface area contributed by atoms with Crippen molar-refractivity contribution in [2.45, 2.75) is 13.8 Å². The third kappa shape index (κ3) is 3.53. The largest absolute Gasteiger partial charge is 0.495 e. The van der Waals surface area contributed by atoms with Gasteiger partial charge < -0.3 is 15.2 Å². The Labute approximate surface area is 106 Å². The van der Waals surface area contributed by atoms with Gasteiger partial charge in [-0.1, -0.05) is 18.5 Å². The van der Waals surface area contributed by atoms with Crippen molar-refractivity contribution in [1.29, 1.82) is 0 Å². The molecule has 0 aromatic heterocycles. The fourth-order valence-corrected chi connectivity index (χ4v) is 1.48. The van der Waals surface area contributed by atoms with Gasteiger partial charge in [0.1, 0.15) is 5.75 Å². The zero-order valence-corrected chi connectivity index (χ0v) is 10.8. The summed E-state index contributed by atoms with van der Waals surface area (Å²) in [5.74, 6) is -0.654. The average molecular weight is 258 g/mol. The van der Waals surface area contributed by atoms with E-state index in [0.29, 0.717) is 23.0 Å². The number of nitrogens with one attached hydrogen (secondary N) is 1. The smallest absolute Gasteiger partial charge is 0.308 e. The summed E-state index contributed by atoms with van der Waals surface area (Å²) in [6, 6.07) is 3.56. The van der Waals surface area contributed by atoms with Gasteiger partial charge in [0, 0.05) is 11.6 Å². The Kier molecular flexibility index (Phi) is 4.63. The molecular formula is C12H16ClNO3. The van der Waals surface area contributed by atoms with E-state index in [1.54, 1.807) is 20.1 Å². The monoisotopic (exact) mass is 257 g/mol. The molecule has 1 atom stereocenters. The molecule has 5 heteroatoms. The Balaban J connectivity index is 2.83. The zero-order valence-electron chi connectivity index (χ0n) is 10.1. The maximum atomic E-state index is 10.7. The summed E-state index contributed by atoms with van der Waals surface area (Å²) in [5.41, 5.74) is 1.62. The van der Waals surface area contributed by atoms with Crippen LogP contribution in [0, 0.1) is 12.8 Å². The van der Waals surface area contributed by atoms with Crippen LogP contribution < -0.4 is 10.1 Å². The number of carboxylic acid groups (broad SMARTS) is 1. The van der Waals surface area contributed by atoms with E-state index in [0.717, 1.165) is 5.56 Å². The van der Waals surface area contributed by atoms with Crippen molar-refractivity contribution < 1.29 is 14.6 Å². The molecule has 0 aliphatic rings. The Morgan fingerprint density at radius 1 is 1.59 bits per heavy atom. The van der Waals surface area contributed by atoms with Crippen molar-refractivity contribution in [3.63, 3.8) is 0 Å². The molecule has 0 amide bonds. The number of hydrogen-bond donors (Lipinski definition) is 2. The van der Waals surface area contributed by atoms with Crippen molar-refractivity contribution >= 4 is 23.3 Å². The quantitative estimate of drug-likeness (QED) is 0.852. The van der Waals surface area contributed by atoms with Crippen LogP contribution in [0.15, 0.2) is 12.1 Å². The highest BCUT2D eigenvalue weighted by atomic mass is 35.5. The third-order valence-corrected chi connectivity index (χ3v) is 2.91. The van der Waals surface area contributed by atoms with Crippen LogP contribution in [0.2, 0.25) is 5.02 Å². The average Bonchev–Trinajstić information content (AvgIpc) is 2.29. The fourth-order valence-electron chi connectivity index (χ4n) is 1.31. The number of carboxylic acids is 1. The predicted molar refractivity (Wildman–Crippen MR) is 68.0 cm³/mol. The van der Waals surface area contributed by atoms with E-state index in [1.165, 1.54) is 0 Å². The Bertz CT molecular complexity index is 420. The highest BCUT2D eigenvalue weighted by Gasteiger charge is 2.12. The molecule has 0 radical (unpaired) electrons. The molecule has 1 rings (SSSR count). The van der Waals surface area contributed by atoms with Crippen molar-refractivity contribution in [2.75, 3.05) is 19.0 Å². The van der Waals surface area contributed by atoms with Crippen molar-refractivity contribution in [3.8, 4) is 5.75 Å². The molecule has 17 heavy (non-hydrogen) atoms. The van der Waals surface area contributed by atoms with Crippen molar-refractivity contribution in [1.82, 2.24) is 0 Å². The minimum atomic E-state index is -0.838. The van der Waals surface area contributed by atoms with E-state index in [1.807, 2.05) is 13.0 Å². The van der Waals surface area contributed by atoms with Crippen LogP contribution in [-0.4, -0.2) is 24.7 Å². The minimum absolute atomic E-state index is 0.324. The first-order valence-corrected chi connectivity index (χ1v) is 5.64. The van der Waals surface area contributed by atoms with Gasteiger partial charge in [0.25, 0.3) is 0 Å². The number of benzene rings is 1. The van der Waals surface area contributed by atoms with Crippen LogP contribution in [0.4, 0.5) is 5.69 Å². The number of hydrogen-bond acceptors (Lipinski definition) is 3. The van der Waals surface area contributed by atoms with Gasteiger partial charge in [-0.3, -0.25) is 4.79 Å². The maximum Gasteiger partial charge on any atom is 0.308 e. The topological polar surface area (TPSA) is 58.6 Å². The van der Waals surface area contributed by atoms with E-state index < -0.39 is 11.9 Å². The molecule has 0 aliphatic heterocycles. The normalized spacial score (nSPS) is 12.0. The first-order chi connectivity index (χ1) is 7.95. The summed E-state index contributed by atoms with van der Waals surface area (Å²) in [4.78, 5) is 10.7. The number of rotatable bonds is 5. The lowest BCUT2D eigenvalue weighted by Gasteiger charge is -2.14. The summed E-state index contributed by atoms with van der Waals surface area (Å²) in [6.45, 7) is 3.84. The minimum Gasteiger partial charge on any atom is -0.495 e. The lowest BCUT2D eigenvalue weighted by molar-refractivity contribution is -0.140. The number of halogens is 1. The highest BCUT2D eigenvalue weighted by Crippen LogP contribution is 2.30. The molecule has 2 N–H and O–H groups in total. The molecule has 0 saturated carbocycles. The molecule has 0 spiro atoms. The first-order valence-electron chi connectivity index (χ1n) is 5.26. The number of carbonyl (C=O) groups is 1. The van der Waals surface area contributed by atoms with Gasteiger partial charge in [-0.15, -0.1) is 0 Å². The second-order valence-corrected chi connectivity index (χ2v) is 4.33. The Morgan fingerprint density at radius 2 is 2.24 bits per heavy atom. The van der Waals surface area contributed by atoms with E-state index in [9.17, 15) is 4.79 Å². The van der Waals surface area contributed by atoms with Crippen LogP contribution in [-0.2, 0) is 4.79 Å². The number of aliphatic carboxylic acids is 1. The lowest BCUT2D eigenvalue weighted by atomic mass is 10.1. The van der Waals surface area contributed by atoms with E-state index >= 15 is 0 Å². The molecule has 0 heterocycles. The number of anilines is 1. The first kappa shape index (κ1) is 13.6. The van der Waals surface area contributed by atoms with Gasteiger partial charge in [-0.05, 0) is 24.6 Å². The SMILES string of the molecule is COc1cc(C)c(Cl)cc1NCC(C)C(=O)O. The van der Waals surface area contributed by atoms with E-state index in [2.05, 4.69) is 5.32 Å². The Morgan fingerprint density at radius 3 is 2.76 bits per heavy atom. The highest BCUT2D eigenvalue weighted by molar-refractivity contribution is 6.31. The molecule has 0 saturated heterocycles. The van der Waals surface area contributed by atoms with E-state index in [4.69, 9.17) is 21.4 Å². The van der Waals surface area contributed by atoms with Crippen LogP contribution in [0.3, 0.4) is 0 Å². The molecule has 1 aromatic carbocycles. The second-order valence-electron chi connectivity index (χ2n) is 3.92. The summed E-state index contributed by atoms with van der Waals surface area (Å²) in [5, 5.41) is 12.4. The van der Waals surface area contributed by atoms with Gasteiger partial charge in [0.05, 0.1) is 18.7 Å². The summed E-state index contributed by atoms with van der Waals surface area (Å²) >= 11 is 6.01. The number of ether oxygens (including phenoxy) is 1. The standard InChI is InChI=1S/C12H16ClNO3/c1-7-4-11(17-3)10(5-9(7)13)14-6-8(2)12(15)16/h4-5,8,14H,6H2,1-3H3,(H,15,16). The molecule has 0 fully saturated rings. The molecule has 4 nitrogen and oxygen atoms in total. The van der Waals surface area contributed by atoms with Crippen LogP contribution in [0.5, 0.6) is 5.75 Å². The van der Waals surface area contributed by atoms with Gasteiger partial charge in [-0.25, -0.2) is 0 Å². The number of aryl methyl sites for hydroxylation is 1. The van der Waals surface area contributed by atoms with Crippen molar-refractivity contribution in [3.05, 3.63) is 22.7 Å². The van der Waals surface area contributed by atoms with Crippen LogP contribution in [0.25, 0.3) is 0 Å². The lowest BCUT2D eigenvalue weighted by Crippen LogP contribution is -2.19. The maximum absolute atomic E-state index is 10.7. The fraction of sp³-hybridized carbons (Fsp3) is 0.417. The molecule has 0 bridgehead atoms. The Hall–Kier alpha value is -1.42. The van der Waals surface area contributed by atoms with Gasteiger partial charge in [-0.2, -0.15) is 0 Å². The molecule has 1 aromatic rings. The van der Waals surface area contributed by atoms with Gasteiger partial charge in [0.15, 0.2) is 0 Å². The summed E-state index contributed by atoms with van der Waals surface area (Å²) in [6.07, 6.45) is 0. The van der Waals surface area contributed by atoms with E-state index in [-0.39, 0.29) is 0 Å². The third-order valence-electron chi connectivity index (χ3n) is 2.50. The molecule has 1 unspecified atom stereocenters. The van der Waals surface area contributed by atoms with Crippen molar-refractivity contribution in [2.24, 2.45) is 5.92 Å². The van der Waals surface area contributed by atoms with Crippen LogP contribution in [0.1, 0.15) is 12.5 Å². The van der Waals surface area contributed by atoms with Gasteiger partial charge >= 0.3 is 5.97 Å². The van der Waals surface area contributed by atoms with Gasteiger partial charge in [0.2, 0.25) is 0 Å². The molecule has 0 aliphatic carbocycles.